The maximum atomic E-state index is 12.1. The summed E-state index contributed by atoms with van der Waals surface area (Å²) in [6.45, 7) is 10.8. The Balaban J connectivity index is 1.80. The Morgan fingerprint density at radius 1 is 1.22 bits per heavy atom. The second-order valence-electron chi connectivity index (χ2n) is 5.86. The minimum Gasteiger partial charge on any atom is -0.493 e. The molecule has 1 aromatic carbocycles. The minimum absolute atomic E-state index is 0.149. The van der Waals surface area contributed by atoms with Crippen LogP contribution in [0, 0.1) is 34.6 Å². The van der Waals surface area contributed by atoms with Gasteiger partial charge in [0.1, 0.15) is 17.1 Å². The van der Waals surface area contributed by atoms with E-state index in [-0.39, 0.29) is 5.91 Å². The Morgan fingerprint density at radius 3 is 2.61 bits per heavy atom. The van der Waals surface area contributed by atoms with E-state index in [4.69, 9.17) is 9.26 Å². The van der Waals surface area contributed by atoms with E-state index in [9.17, 15) is 4.79 Å². The molecule has 0 aliphatic rings. The molecule has 0 unspecified atom stereocenters. The van der Waals surface area contributed by atoms with Gasteiger partial charge in [-0.3, -0.25) is 4.79 Å². The van der Waals surface area contributed by atoms with Gasteiger partial charge in [0, 0.05) is 6.54 Å². The van der Waals surface area contributed by atoms with Crippen molar-refractivity contribution in [3.05, 3.63) is 45.8 Å². The summed E-state index contributed by atoms with van der Waals surface area (Å²) >= 11 is 0. The van der Waals surface area contributed by atoms with E-state index in [1.54, 1.807) is 13.8 Å². The molecule has 5 nitrogen and oxygen atoms in total. The summed E-state index contributed by atoms with van der Waals surface area (Å²) in [6.07, 6.45) is 0.738. The second kappa shape index (κ2) is 7.31. The van der Waals surface area contributed by atoms with Gasteiger partial charge in [0.25, 0.3) is 5.91 Å². The molecule has 0 saturated heterocycles. The predicted molar refractivity (Wildman–Crippen MR) is 89.1 cm³/mol. The molecule has 124 valence electrons. The zero-order valence-corrected chi connectivity index (χ0v) is 14.4. The molecule has 2 aromatic rings. The Labute approximate surface area is 137 Å². The fraction of sp³-hybridized carbons (Fsp3) is 0.444. The molecule has 1 N–H and O–H groups in total. The summed E-state index contributed by atoms with van der Waals surface area (Å²) < 4.78 is 10.8. The van der Waals surface area contributed by atoms with Crippen molar-refractivity contribution >= 4 is 5.91 Å². The van der Waals surface area contributed by atoms with Crippen LogP contribution >= 0.6 is 0 Å². The van der Waals surface area contributed by atoms with Gasteiger partial charge in [-0.25, -0.2) is 0 Å². The number of ether oxygens (including phenoxy) is 1. The molecule has 0 aliphatic heterocycles. The van der Waals surface area contributed by atoms with Crippen LogP contribution in [0.3, 0.4) is 0 Å². The van der Waals surface area contributed by atoms with Crippen molar-refractivity contribution in [3.63, 3.8) is 0 Å². The number of aryl methyl sites for hydroxylation is 4. The van der Waals surface area contributed by atoms with Crippen molar-refractivity contribution < 1.29 is 14.1 Å². The van der Waals surface area contributed by atoms with Crippen LogP contribution in [-0.4, -0.2) is 24.2 Å². The fourth-order valence-electron chi connectivity index (χ4n) is 2.50. The summed E-state index contributed by atoms with van der Waals surface area (Å²) in [4.78, 5) is 12.1. The lowest BCUT2D eigenvalue weighted by atomic mass is 10.1. The Morgan fingerprint density at radius 2 is 1.96 bits per heavy atom. The van der Waals surface area contributed by atoms with E-state index < -0.39 is 0 Å². The lowest BCUT2D eigenvalue weighted by Gasteiger charge is -2.12. The molecular weight excluding hydrogens is 292 g/mol. The second-order valence-corrected chi connectivity index (χ2v) is 5.86. The summed E-state index contributed by atoms with van der Waals surface area (Å²) in [5, 5.41) is 6.66. The van der Waals surface area contributed by atoms with Gasteiger partial charge in [0.05, 0.1) is 12.3 Å². The zero-order chi connectivity index (χ0) is 17.0. The molecule has 1 heterocycles. The first-order valence-corrected chi connectivity index (χ1v) is 7.82. The number of nitrogens with zero attached hydrogens (tertiary/aromatic N) is 1. The first kappa shape index (κ1) is 17.1. The van der Waals surface area contributed by atoms with Gasteiger partial charge in [0.15, 0.2) is 0 Å². The molecular formula is C18H24N2O3. The SMILES string of the molecule is Cc1cc(C)c(C)c(OCCCNC(=O)c2c(C)noc2C)c1. The third-order valence-corrected chi connectivity index (χ3v) is 3.89. The highest BCUT2D eigenvalue weighted by Crippen LogP contribution is 2.23. The summed E-state index contributed by atoms with van der Waals surface area (Å²) in [6, 6.07) is 4.19. The van der Waals surface area contributed by atoms with Crippen molar-refractivity contribution in [3.8, 4) is 5.75 Å². The lowest BCUT2D eigenvalue weighted by molar-refractivity contribution is 0.0949. The van der Waals surface area contributed by atoms with Crippen molar-refractivity contribution in [1.82, 2.24) is 10.5 Å². The number of nitrogens with one attached hydrogen (secondary N) is 1. The standard InChI is InChI=1S/C18H24N2O3/c1-11-9-12(2)13(3)16(10-11)22-8-6-7-19-18(21)17-14(4)20-23-15(17)5/h9-10H,6-8H2,1-5H3,(H,19,21). The number of rotatable bonds is 6. The van der Waals surface area contributed by atoms with Gasteiger partial charge in [-0.2, -0.15) is 0 Å². The quantitative estimate of drug-likeness (QED) is 0.829. The molecule has 0 fully saturated rings. The van der Waals surface area contributed by atoms with Crippen molar-refractivity contribution in [2.45, 2.75) is 41.0 Å². The van der Waals surface area contributed by atoms with E-state index in [0.717, 1.165) is 17.7 Å². The highest BCUT2D eigenvalue weighted by atomic mass is 16.5. The highest BCUT2D eigenvalue weighted by Gasteiger charge is 2.16. The van der Waals surface area contributed by atoms with Gasteiger partial charge in [-0.15, -0.1) is 0 Å². The zero-order valence-electron chi connectivity index (χ0n) is 14.4. The van der Waals surface area contributed by atoms with Crippen LogP contribution in [0.5, 0.6) is 5.75 Å². The highest BCUT2D eigenvalue weighted by molar-refractivity contribution is 5.96. The average molecular weight is 316 g/mol. The van der Waals surface area contributed by atoms with Gasteiger partial charge < -0.3 is 14.6 Å². The summed E-state index contributed by atoms with van der Waals surface area (Å²) in [5.74, 6) is 1.31. The van der Waals surface area contributed by atoms with Crippen LogP contribution in [0.4, 0.5) is 0 Å². The van der Waals surface area contributed by atoms with Crippen molar-refractivity contribution in [2.75, 3.05) is 13.2 Å². The fourth-order valence-corrected chi connectivity index (χ4v) is 2.50. The molecule has 2 rings (SSSR count). The van der Waals surface area contributed by atoms with E-state index >= 15 is 0 Å². The number of hydrogen-bond acceptors (Lipinski definition) is 4. The predicted octanol–water partition coefficient (Wildman–Crippen LogP) is 3.42. The largest absolute Gasteiger partial charge is 0.493 e. The molecule has 0 bridgehead atoms. The average Bonchev–Trinajstić information content (AvgIpc) is 2.82. The Hall–Kier alpha value is -2.30. The number of carbonyl (C=O) groups is 1. The van der Waals surface area contributed by atoms with Crippen molar-refractivity contribution in [2.24, 2.45) is 0 Å². The number of benzene rings is 1. The van der Waals surface area contributed by atoms with E-state index in [1.165, 1.54) is 11.1 Å². The molecule has 0 atom stereocenters. The Kier molecular flexibility index (Phi) is 5.42. The summed E-state index contributed by atoms with van der Waals surface area (Å²) in [7, 11) is 0. The van der Waals surface area contributed by atoms with Crippen molar-refractivity contribution in [1.29, 1.82) is 0 Å². The molecule has 5 heteroatoms. The molecule has 0 spiro atoms. The first-order chi connectivity index (χ1) is 10.9. The van der Waals surface area contributed by atoms with Gasteiger partial charge in [0.2, 0.25) is 0 Å². The van der Waals surface area contributed by atoms with Crippen LogP contribution in [-0.2, 0) is 0 Å². The van der Waals surface area contributed by atoms with E-state index in [2.05, 4.69) is 37.3 Å². The third-order valence-electron chi connectivity index (χ3n) is 3.89. The van der Waals surface area contributed by atoms with Gasteiger partial charge >= 0.3 is 0 Å². The third kappa shape index (κ3) is 4.12. The van der Waals surface area contributed by atoms with Crippen LogP contribution in [0.25, 0.3) is 0 Å². The number of hydrogen-bond donors (Lipinski definition) is 1. The van der Waals surface area contributed by atoms with E-state index in [1.807, 2.05) is 6.07 Å². The van der Waals surface area contributed by atoms with Crippen LogP contribution < -0.4 is 10.1 Å². The smallest absolute Gasteiger partial charge is 0.256 e. The molecule has 0 radical (unpaired) electrons. The van der Waals surface area contributed by atoms with Crippen LogP contribution in [0.1, 0.15) is 44.9 Å². The maximum Gasteiger partial charge on any atom is 0.256 e. The van der Waals surface area contributed by atoms with Gasteiger partial charge in [-0.1, -0.05) is 11.2 Å². The maximum absolute atomic E-state index is 12.1. The van der Waals surface area contributed by atoms with Crippen LogP contribution in [0.15, 0.2) is 16.7 Å². The normalized spacial score (nSPS) is 10.7. The monoisotopic (exact) mass is 316 g/mol. The number of aromatic nitrogens is 1. The minimum atomic E-state index is -0.149. The van der Waals surface area contributed by atoms with Gasteiger partial charge in [-0.05, 0) is 63.8 Å². The number of amides is 1. The van der Waals surface area contributed by atoms with E-state index in [0.29, 0.717) is 30.2 Å². The molecule has 1 aromatic heterocycles. The molecule has 23 heavy (non-hydrogen) atoms. The summed E-state index contributed by atoms with van der Waals surface area (Å²) in [5.41, 5.74) is 4.72. The number of carbonyl (C=O) groups excluding carboxylic acids is 1. The molecule has 0 aliphatic carbocycles. The first-order valence-electron chi connectivity index (χ1n) is 7.82. The topological polar surface area (TPSA) is 64.4 Å². The molecule has 0 saturated carbocycles. The molecule has 1 amide bonds. The Bertz CT molecular complexity index is 685. The lowest BCUT2D eigenvalue weighted by Crippen LogP contribution is -2.26. The van der Waals surface area contributed by atoms with Crippen LogP contribution in [0.2, 0.25) is 0 Å².